The molecule has 0 aromatic heterocycles. The molecule has 0 spiro atoms. The zero-order valence-corrected chi connectivity index (χ0v) is 10.6. The summed E-state index contributed by atoms with van der Waals surface area (Å²) in [6, 6.07) is 2.73. The van der Waals surface area contributed by atoms with Crippen molar-refractivity contribution in [3.8, 4) is 0 Å². The van der Waals surface area contributed by atoms with Crippen LogP contribution in [0.3, 0.4) is 0 Å². The molecule has 0 saturated carbocycles. The Morgan fingerprint density at radius 1 is 1.28 bits per heavy atom. The number of benzene rings is 1. The Bertz CT molecular complexity index is 373. The summed E-state index contributed by atoms with van der Waals surface area (Å²) < 4.78 is 42.2. The molecule has 1 unspecified atom stereocenters. The maximum absolute atomic E-state index is 13.8. The Morgan fingerprint density at radius 3 is 2.50 bits per heavy atom. The largest absolute Gasteiger partial charge is 0.375 e. The van der Waals surface area contributed by atoms with Gasteiger partial charge in [-0.25, -0.2) is 13.2 Å². The lowest BCUT2D eigenvalue weighted by molar-refractivity contribution is 0.0151. The van der Waals surface area contributed by atoms with Crippen molar-refractivity contribution in [2.75, 3.05) is 13.2 Å². The van der Waals surface area contributed by atoms with Crippen LogP contribution >= 0.6 is 0 Å². The van der Waals surface area contributed by atoms with E-state index in [2.05, 4.69) is 0 Å². The zero-order chi connectivity index (χ0) is 13.7. The molecule has 0 saturated heterocycles. The molecular formula is C13H18F3NO. The van der Waals surface area contributed by atoms with Crippen molar-refractivity contribution in [2.24, 2.45) is 5.73 Å². The molecule has 0 aliphatic carbocycles. The molecule has 1 atom stereocenters. The predicted molar refractivity (Wildman–Crippen MR) is 64.2 cm³/mol. The summed E-state index contributed by atoms with van der Waals surface area (Å²) in [4.78, 5) is 0. The Labute approximate surface area is 105 Å². The van der Waals surface area contributed by atoms with Crippen molar-refractivity contribution in [1.29, 1.82) is 0 Å². The van der Waals surface area contributed by atoms with Crippen molar-refractivity contribution >= 4 is 0 Å². The van der Waals surface area contributed by atoms with Gasteiger partial charge in [-0.3, -0.25) is 0 Å². The molecule has 2 nitrogen and oxygen atoms in total. The van der Waals surface area contributed by atoms with Crippen molar-refractivity contribution < 1.29 is 17.9 Å². The molecule has 18 heavy (non-hydrogen) atoms. The summed E-state index contributed by atoms with van der Waals surface area (Å²) in [6.07, 6.45) is -2.17. The van der Waals surface area contributed by atoms with E-state index in [1.165, 1.54) is 6.07 Å². The fraction of sp³-hybridized carbons (Fsp3) is 0.538. The molecule has 0 bridgehead atoms. The van der Waals surface area contributed by atoms with Gasteiger partial charge in [-0.05, 0) is 37.5 Å². The Hall–Kier alpha value is -1.07. The fourth-order valence-corrected chi connectivity index (χ4v) is 1.92. The molecule has 1 aromatic carbocycles. The second kappa shape index (κ2) is 6.75. The van der Waals surface area contributed by atoms with Gasteiger partial charge in [-0.15, -0.1) is 0 Å². The molecule has 0 amide bonds. The lowest BCUT2D eigenvalue weighted by Crippen LogP contribution is -2.17. The Balaban J connectivity index is 2.59. The maximum atomic E-state index is 13.8. The summed E-state index contributed by atoms with van der Waals surface area (Å²) >= 11 is 0. The number of nitrogens with two attached hydrogens (primary N) is 1. The van der Waals surface area contributed by atoms with E-state index in [4.69, 9.17) is 10.5 Å². The minimum absolute atomic E-state index is 0.0955. The number of hydrogen-bond donors (Lipinski definition) is 1. The monoisotopic (exact) mass is 261 g/mol. The quantitative estimate of drug-likeness (QED) is 0.798. The number of hydrogen-bond acceptors (Lipinski definition) is 2. The third-order valence-corrected chi connectivity index (χ3v) is 2.67. The minimum Gasteiger partial charge on any atom is -0.375 e. The van der Waals surface area contributed by atoms with Gasteiger partial charge in [0.15, 0.2) is 0 Å². The summed E-state index contributed by atoms with van der Waals surface area (Å²) in [6.45, 7) is 3.07. The molecule has 0 aliphatic heterocycles. The number of halogens is 3. The number of alkyl halides is 2. The lowest BCUT2D eigenvalue weighted by atomic mass is 9.97. The van der Waals surface area contributed by atoms with E-state index in [-0.39, 0.29) is 12.4 Å². The number of ether oxygens (including phenoxy) is 1. The summed E-state index contributed by atoms with van der Waals surface area (Å²) in [5, 5.41) is 0. The van der Waals surface area contributed by atoms with E-state index in [0.717, 1.165) is 11.1 Å². The minimum atomic E-state index is -2.49. The normalized spacial score (nSPS) is 13.1. The van der Waals surface area contributed by atoms with Gasteiger partial charge in [0, 0.05) is 18.2 Å². The van der Waals surface area contributed by atoms with Gasteiger partial charge >= 0.3 is 0 Å². The van der Waals surface area contributed by atoms with Crippen LogP contribution in [0, 0.1) is 19.7 Å². The van der Waals surface area contributed by atoms with Gasteiger partial charge in [0.1, 0.15) is 12.4 Å². The summed E-state index contributed by atoms with van der Waals surface area (Å²) in [7, 11) is 0. The first-order valence-electron chi connectivity index (χ1n) is 5.80. The van der Waals surface area contributed by atoms with Gasteiger partial charge in [0.05, 0.1) is 0 Å². The van der Waals surface area contributed by atoms with Crippen LogP contribution in [0.25, 0.3) is 0 Å². The first-order chi connectivity index (χ1) is 8.41. The zero-order valence-electron chi connectivity index (χ0n) is 10.6. The topological polar surface area (TPSA) is 35.2 Å². The summed E-state index contributed by atoms with van der Waals surface area (Å²) in [5.74, 6) is -0.353. The van der Waals surface area contributed by atoms with Crippen LogP contribution < -0.4 is 5.73 Å². The van der Waals surface area contributed by atoms with Gasteiger partial charge in [0.2, 0.25) is 0 Å². The van der Waals surface area contributed by atoms with Gasteiger partial charge < -0.3 is 10.5 Å². The van der Waals surface area contributed by atoms with Crippen LogP contribution in [0.5, 0.6) is 0 Å². The molecule has 0 aliphatic rings. The smallest absolute Gasteiger partial charge is 0.261 e. The van der Waals surface area contributed by atoms with Crippen LogP contribution in [0.2, 0.25) is 0 Å². The van der Waals surface area contributed by atoms with Crippen molar-refractivity contribution in [3.63, 3.8) is 0 Å². The van der Waals surface area contributed by atoms with E-state index < -0.39 is 19.1 Å². The second-order valence-corrected chi connectivity index (χ2v) is 4.34. The van der Waals surface area contributed by atoms with Gasteiger partial charge in [-0.1, -0.05) is 6.07 Å². The van der Waals surface area contributed by atoms with E-state index in [1.807, 2.05) is 6.07 Å². The highest BCUT2D eigenvalue weighted by molar-refractivity contribution is 5.34. The first kappa shape index (κ1) is 15.0. The molecule has 1 aromatic rings. The highest BCUT2D eigenvalue weighted by atomic mass is 19.3. The van der Waals surface area contributed by atoms with E-state index >= 15 is 0 Å². The molecule has 0 fully saturated rings. The molecule has 102 valence electrons. The average molecular weight is 261 g/mol. The Kier molecular flexibility index (Phi) is 5.62. The third kappa shape index (κ3) is 4.31. The highest BCUT2D eigenvalue weighted by Gasteiger charge is 2.15. The van der Waals surface area contributed by atoms with Gasteiger partial charge in [0.25, 0.3) is 6.43 Å². The van der Waals surface area contributed by atoms with Crippen LogP contribution in [-0.2, 0) is 4.74 Å². The van der Waals surface area contributed by atoms with E-state index in [0.29, 0.717) is 12.0 Å². The maximum Gasteiger partial charge on any atom is 0.261 e. The first-order valence-corrected chi connectivity index (χ1v) is 5.80. The van der Waals surface area contributed by atoms with Crippen LogP contribution in [0.15, 0.2) is 12.1 Å². The third-order valence-electron chi connectivity index (χ3n) is 2.67. The van der Waals surface area contributed by atoms with E-state index in [1.54, 1.807) is 13.8 Å². The van der Waals surface area contributed by atoms with Crippen molar-refractivity contribution in [3.05, 3.63) is 34.6 Å². The lowest BCUT2D eigenvalue weighted by Gasteiger charge is -2.16. The van der Waals surface area contributed by atoms with Gasteiger partial charge in [-0.2, -0.15) is 0 Å². The molecule has 0 radical (unpaired) electrons. The standard InChI is InChI=1S/C13H18F3NO/c1-8-5-9(2)13(10(14)6-8)11(17)3-4-18-7-12(15)16/h5-6,11-12H,3-4,7,17H2,1-2H3. The van der Waals surface area contributed by atoms with Crippen molar-refractivity contribution in [2.45, 2.75) is 32.7 Å². The van der Waals surface area contributed by atoms with Crippen LogP contribution in [0.1, 0.15) is 29.2 Å². The molecule has 1 rings (SSSR count). The molecule has 5 heteroatoms. The Morgan fingerprint density at radius 2 is 1.94 bits per heavy atom. The molecule has 0 heterocycles. The predicted octanol–water partition coefficient (Wildman–Crippen LogP) is 3.11. The fourth-order valence-electron chi connectivity index (χ4n) is 1.92. The van der Waals surface area contributed by atoms with Crippen LogP contribution in [0.4, 0.5) is 13.2 Å². The molecular weight excluding hydrogens is 243 g/mol. The molecule has 2 N–H and O–H groups in total. The number of rotatable bonds is 6. The van der Waals surface area contributed by atoms with Crippen molar-refractivity contribution in [1.82, 2.24) is 0 Å². The van der Waals surface area contributed by atoms with E-state index in [9.17, 15) is 13.2 Å². The summed E-state index contributed by atoms with van der Waals surface area (Å²) in [5.41, 5.74) is 7.89. The SMILES string of the molecule is Cc1cc(C)c(C(N)CCOCC(F)F)c(F)c1. The number of aryl methyl sites for hydroxylation is 2. The van der Waals surface area contributed by atoms with Crippen LogP contribution in [-0.4, -0.2) is 19.6 Å². The second-order valence-electron chi connectivity index (χ2n) is 4.34. The highest BCUT2D eigenvalue weighted by Crippen LogP contribution is 2.23. The average Bonchev–Trinajstić information content (AvgIpc) is 2.22.